The Labute approximate surface area is 150 Å². The summed E-state index contributed by atoms with van der Waals surface area (Å²) in [6.45, 7) is 0. The first-order valence-electron chi connectivity index (χ1n) is 10.4. The summed E-state index contributed by atoms with van der Waals surface area (Å²) in [4.78, 5) is 13.5. The predicted octanol–water partition coefficient (Wildman–Crippen LogP) is 4.65. The summed E-state index contributed by atoms with van der Waals surface area (Å²) in [5.41, 5.74) is 0.0454. The van der Waals surface area contributed by atoms with E-state index < -0.39 is 0 Å². The van der Waals surface area contributed by atoms with Gasteiger partial charge in [-0.2, -0.15) is 0 Å². The van der Waals surface area contributed by atoms with Crippen LogP contribution in [0.15, 0.2) is 0 Å². The summed E-state index contributed by atoms with van der Waals surface area (Å²) in [6.07, 6.45) is 15.0. The zero-order valence-corrected chi connectivity index (χ0v) is 15.4. The number of hydrogen-bond acceptors (Lipinski definition) is 1. The number of rotatable bonds is 2. The van der Waals surface area contributed by atoms with E-state index in [1.807, 2.05) is 0 Å². The van der Waals surface area contributed by atoms with Gasteiger partial charge in [0.05, 0.1) is 5.41 Å². The van der Waals surface area contributed by atoms with Gasteiger partial charge in [-0.25, -0.2) is 0 Å². The normalized spacial score (nSPS) is 59.8. The minimum Gasteiger partial charge on any atom is -0.350 e. The van der Waals surface area contributed by atoms with Gasteiger partial charge in [0.25, 0.3) is 0 Å². The molecule has 0 heterocycles. The predicted molar refractivity (Wildman–Crippen MR) is 94.7 cm³/mol. The third kappa shape index (κ3) is 2.04. The fourth-order valence-electron chi connectivity index (χ4n) is 9.05. The maximum absolute atomic E-state index is 13.6. The minimum atomic E-state index is -0.116. The van der Waals surface area contributed by atoms with E-state index in [-0.39, 0.29) is 15.8 Å². The Kier molecular flexibility index (Phi) is 2.81. The quantitative estimate of drug-likeness (QED) is 0.724. The Morgan fingerprint density at radius 3 is 1.75 bits per heavy atom. The molecule has 132 valence electrons. The van der Waals surface area contributed by atoms with E-state index in [2.05, 4.69) is 5.32 Å². The molecule has 2 nitrogen and oxygen atoms in total. The first-order valence-corrected chi connectivity index (χ1v) is 10.8. The molecular weight excluding hydrogens is 318 g/mol. The fraction of sp³-hybridized carbons (Fsp3) is 0.952. The van der Waals surface area contributed by atoms with E-state index in [0.29, 0.717) is 17.7 Å². The highest BCUT2D eigenvalue weighted by Gasteiger charge is 2.61. The number of carbonyl (C=O) groups is 1. The lowest BCUT2D eigenvalue weighted by molar-refractivity contribution is -0.150. The van der Waals surface area contributed by atoms with Gasteiger partial charge < -0.3 is 5.32 Å². The van der Waals surface area contributed by atoms with Crippen molar-refractivity contribution in [3.8, 4) is 0 Å². The maximum Gasteiger partial charge on any atom is 0.226 e. The lowest BCUT2D eigenvalue weighted by atomic mass is 9.48. The second kappa shape index (κ2) is 4.53. The van der Waals surface area contributed by atoms with Crippen LogP contribution in [-0.4, -0.2) is 16.3 Å². The molecule has 0 radical (unpaired) electrons. The van der Waals surface area contributed by atoms with Crippen molar-refractivity contribution in [2.45, 2.75) is 87.5 Å². The Morgan fingerprint density at radius 1 is 0.750 bits per heavy atom. The topological polar surface area (TPSA) is 29.1 Å². The molecule has 0 aliphatic heterocycles. The average Bonchev–Trinajstić information content (AvgIpc) is 2.42. The van der Waals surface area contributed by atoms with Crippen LogP contribution in [0.5, 0.6) is 0 Å². The number of carbonyl (C=O) groups excluding carboxylic acids is 1. The van der Waals surface area contributed by atoms with Crippen LogP contribution >= 0.6 is 11.6 Å². The Balaban J connectivity index is 1.27. The number of amides is 1. The first kappa shape index (κ1) is 14.9. The molecule has 0 saturated heterocycles. The van der Waals surface area contributed by atoms with E-state index in [4.69, 9.17) is 11.6 Å². The van der Waals surface area contributed by atoms with Crippen LogP contribution in [0.3, 0.4) is 0 Å². The first-order chi connectivity index (χ1) is 11.4. The molecule has 8 fully saturated rings. The van der Waals surface area contributed by atoms with Crippen molar-refractivity contribution in [1.29, 1.82) is 0 Å². The summed E-state index contributed by atoms with van der Waals surface area (Å²) in [5, 5.41) is 3.70. The third-order valence-corrected chi connectivity index (χ3v) is 9.33. The summed E-state index contributed by atoms with van der Waals surface area (Å²) in [6, 6.07) is 0. The molecule has 0 spiro atoms. The largest absolute Gasteiger partial charge is 0.350 e. The lowest BCUT2D eigenvalue weighted by Gasteiger charge is -2.61. The standard InChI is InChI=1S/C21H30ClNO/c22-20-7-16-4-17(8-20)6-19(5-16,12-20)18(24)23-21-9-13-1-14(10-21)3-15(2-13)11-21/h13-17H,1-12H2,(H,23,24)/t13?,14?,15?,16-,17-,19?,20?,21?/m0/s1. The highest BCUT2D eigenvalue weighted by molar-refractivity contribution is 6.24. The molecule has 8 rings (SSSR count). The van der Waals surface area contributed by atoms with Crippen molar-refractivity contribution >= 4 is 17.5 Å². The Hall–Kier alpha value is -0.240. The molecule has 0 aromatic rings. The molecule has 24 heavy (non-hydrogen) atoms. The van der Waals surface area contributed by atoms with Crippen LogP contribution in [0, 0.1) is 35.0 Å². The molecule has 2 atom stereocenters. The number of halogens is 1. The van der Waals surface area contributed by atoms with Crippen molar-refractivity contribution < 1.29 is 4.79 Å². The number of nitrogens with one attached hydrogen (secondary N) is 1. The molecule has 8 aliphatic rings. The molecule has 8 aliphatic carbocycles. The van der Waals surface area contributed by atoms with Crippen LogP contribution in [0.25, 0.3) is 0 Å². The van der Waals surface area contributed by atoms with E-state index in [0.717, 1.165) is 49.9 Å². The van der Waals surface area contributed by atoms with E-state index in [1.54, 1.807) is 0 Å². The van der Waals surface area contributed by atoms with Crippen molar-refractivity contribution in [3.63, 3.8) is 0 Å². The molecule has 0 aromatic carbocycles. The Morgan fingerprint density at radius 2 is 1.25 bits per heavy atom. The van der Waals surface area contributed by atoms with Gasteiger partial charge in [-0.1, -0.05) is 0 Å². The molecule has 1 N–H and O–H groups in total. The lowest BCUT2D eigenvalue weighted by Crippen LogP contribution is -2.65. The average molecular weight is 348 g/mol. The maximum atomic E-state index is 13.6. The second-order valence-electron chi connectivity index (χ2n) is 11.0. The highest BCUT2D eigenvalue weighted by Crippen LogP contribution is 2.64. The summed E-state index contributed by atoms with van der Waals surface area (Å²) in [5.74, 6) is 4.52. The van der Waals surface area contributed by atoms with Gasteiger partial charge in [-0.05, 0) is 107 Å². The van der Waals surface area contributed by atoms with E-state index in [1.165, 1.54) is 44.9 Å². The fourth-order valence-corrected chi connectivity index (χ4v) is 9.75. The van der Waals surface area contributed by atoms with Crippen LogP contribution in [0.2, 0.25) is 0 Å². The molecule has 8 saturated carbocycles. The minimum absolute atomic E-state index is 0.0527. The van der Waals surface area contributed by atoms with Crippen molar-refractivity contribution in [2.24, 2.45) is 35.0 Å². The SMILES string of the molecule is O=C(NC12CC3CC(CC(C3)C1)C2)C12C[C@@H]3C[C@H](CC(Cl)(C3)C1)C2. The summed E-state index contributed by atoms with van der Waals surface area (Å²) in [7, 11) is 0. The summed E-state index contributed by atoms with van der Waals surface area (Å²) >= 11 is 6.96. The summed E-state index contributed by atoms with van der Waals surface area (Å²) < 4.78 is 0. The van der Waals surface area contributed by atoms with Gasteiger partial charge in [-0.3, -0.25) is 4.79 Å². The number of alkyl halides is 1. The van der Waals surface area contributed by atoms with E-state index >= 15 is 0 Å². The van der Waals surface area contributed by atoms with Gasteiger partial charge in [-0.15, -0.1) is 11.6 Å². The van der Waals surface area contributed by atoms with Crippen molar-refractivity contribution in [2.75, 3.05) is 0 Å². The van der Waals surface area contributed by atoms with Crippen LogP contribution < -0.4 is 5.32 Å². The van der Waals surface area contributed by atoms with Crippen LogP contribution in [-0.2, 0) is 4.79 Å². The van der Waals surface area contributed by atoms with Gasteiger partial charge in [0.1, 0.15) is 0 Å². The molecule has 8 bridgehead atoms. The van der Waals surface area contributed by atoms with Gasteiger partial charge in [0.15, 0.2) is 0 Å². The van der Waals surface area contributed by atoms with Crippen molar-refractivity contribution in [1.82, 2.24) is 5.32 Å². The molecular formula is C21H30ClNO. The van der Waals surface area contributed by atoms with Crippen molar-refractivity contribution in [3.05, 3.63) is 0 Å². The Bertz CT molecular complexity index is 549. The van der Waals surface area contributed by atoms with E-state index in [9.17, 15) is 4.79 Å². The third-order valence-electron chi connectivity index (χ3n) is 8.89. The highest BCUT2D eigenvalue weighted by atomic mass is 35.5. The van der Waals surface area contributed by atoms with Gasteiger partial charge >= 0.3 is 0 Å². The molecule has 3 heteroatoms. The van der Waals surface area contributed by atoms with Crippen LogP contribution in [0.4, 0.5) is 0 Å². The smallest absolute Gasteiger partial charge is 0.226 e. The zero-order valence-electron chi connectivity index (χ0n) is 14.7. The van der Waals surface area contributed by atoms with Crippen LogP contribution in [0.1, 0.15) is 77.0 Å². The van der Waals surface area contributed by atoms with Gasteiger partial charge in [0, 0.05) is 10.4 Å². The monoisotopic (exact) mass is 347 g/mol. The molecule has 0 aromatic heterocycles. The molecule has 1 amide bonds. The zero-order chi connectivity index (χ0) is 16.2. The number of hydrogen-bond donors (Lipinski definition) is 1. The second-order valence-corrected chi connectivity index (χ2v) is 11.8. The molecule has 0 unspecified atom stereocenters. The van der Waals surface area contributed by atoms with Gasteiger partial charge in [0.2, 0.25) is 5.91 Å².